The molecule has 1 atom stereocenters. The highest BCUT2D eigenvalue weighted by molar-refractivity contribution is 7.99. The first-order chi connectivity index (χ1) is 11.6. The van der Waals surface area contributed by atoms with Crippen LogP contribution >= 0.6 is 11.8 Å². The molecule has 0 aliphatic heterocycles. The van der Waals surface area contributed by atoms with Crippen LogP contribution in [-0.4, -0.2) is 31.1 Å². The maximum absolute atomic E-state index is 12.6. The van der Waals surface area contributed by atoms with Crippen LogP contribution in [-0.2, 0) is 6.42 Å². The Morgan fingerprint density at radius 3 is 2.75 bits per heavy atom. The highest BCUT2D eigenvalue weighted by Crippen LogP contribution is 2.32. The van der Waals surface area contributed by atoms with E-state index in [4.69, 9.17) is 0 Å². The van der Waals surface area contributed by atoms with E-state index in [1.54, 1.807) is 22.5 Å². The molecule has 2 heterocycles. The fourth-order valence-corrected chi connectivity index (χ4v) is 3.68. The van der Waals surface area contributed by atoms with Crippen LogP contribution in [0.2, 0.25) is 0 Å². The van der Waals surface area contributed by atoms with Gasteiger partial charge in [0.2, 0.25) is 5.16 Å². The third kappa shape index (κ3) is 2.71. The van der Waals surface area contributed by atoms with Crippen LogP contribution in [0.4, 0.5) is 0 Å². The molecule has 0 saturated heterocycles. The Morgan fingerprint density at radius 1 is 1.21 bits per heavy atom. The van der Waals surface area contributed by atoms with Gasteiger partial charge in [0.15, 0.2) is 5.78 Å². The van der Waals surface area contributed by atoms with E-state index >= 15 is 0 Å². The summed E-state index contributed by atoms with van der Waals surface area (Å²) >= 11 is 1.58. The molecular weight excluding hydrogens is 320 g/mol. The van der Waals surface area contributed by atoms with Gasteiger partial charge in [0.25, 0.3) is 5.78 Å². The summed E-state index contributed by atoms with van der Waals surface area (Å²) < 4.78 is 1.63. The standard InChI is InChI=1S/C18H18N4OS/c1-3-24-18-20-17-19-15-8-13(12-6-4-11(2)5-7-12)9-16(23)14(15)10-22(17)21-18/h4-7,10,13H,3,8-9H2,1-2H3. The number of carbonyl (C=O) groups is 1. The molecule has 122 valence electrons. The summed E-state index contributed by atoms with van der Waals surface area (Å²) in [5, 5.41) is 5.09. The van der Waals surface area contributed by atoms with Crippen LogP contribution in [0.3, 0.4) is 0 Å². The number of fused-ring (bicyclic) bond motifs is 2. The smallest absolute Gasteiger partial charge is 0.253 e. The molecule has 0 spiro atoms. The van der Waals surface area contributed by atoms with Gasteiger partial charge in [-0.15, -0.1) is 5.10 Å². The molecule has 1 aliphatic carbocycles. The molecule has 0 N–H and O–H groups in total. The van der Waals surface area contributed by atoms with Gasteiger partial charge in [-0.05, 0) is 30.6 Å². The van der Waals surface area contributed by atoms with Gasteiger partial charge in [-0.2, -0.15) is 4.98 Å². The maximum Gasteiger partial charge on any atom is 0.253 e. The maximum atomic E-state index is 12.6. The van der Waals surface area contributed by atoms with Crippen molar-refractivity contribution in [2.24, 2.45) is 0 Å². The number of hydrogen-bond acceptors (Lipinski definition) is 5. The van der Waals surface area contributed by atoms with E-state index in [0.29, 0.717) is 22.9 Å². The Hall–Kier alpha value is -2.21. The van der Waals surface area contributed by atoms with Gasteiger partial charge in [-0.1, -0.05) is 48.5 Å². The second-order valence-electron chi connectivity index (χ2n) is 6.11. The fourth-order valence-electron chi connectivity index (χ4n) is 3.13. The lowest BCUT2D eigenvalue weighted by Crippen LogP contribution is -2.21. The summed E-state index contributed by atoms with van der Waals surface area (Å²) in [6.07, 6.45) is 3.08. The van der Waals surface area contributed by atoms with Gasteiger partial charge in [-0.25, -0.2) is 9.50 Å². The zero-order valence-corrected chi connectivity index (χ0v) is 14.5. The summed E-state index contributed by atoms with van der Waals surface area (Å²) in [6, 6.07) is 8.42. The molecule has 0 saturated carbocycles. The van der Waals surface area contributed by atoms with E-state index in [-0.39, 0.29) is 11.7 Å². The van der Waals surface area contributed by atoms with Crippen molar-refractivity contribution in [3.05, 3.63) is 52.8 Å². The average Bonchev–Trinajstić information content (AvgIpc) is 2.95. The lowest BCUT2D eigenvalue weighted by molar-refractivity contribution is 0.0962. The Bertz CT molecular complexity index is 917. The SMILES string of the molecule is CCSc1nc2nc3c(cn2n1)C(=O)CC(c1ccc(C)cc1)C3. The van der Waals surface area contributed by atoms with Crippen LogP contribution in [0.15, 0.2) is 35.6 Å². The van der Waals surface area contributed by atoms with Gasteiger partial charge < -0.3 is 0 Å². The second-order valence-corrected chi connectivity index (χ2v) is 7.34. The van der Waals surface area contributed by atoms with Crippen molar-refractivity contribution in [3.8, 4) is 0 Å². The van der Waals surface area contributed by atoms with E-state index in [1.807, 2.05) is 0 Å². The van der Waals surface area contributed by atoms with E-state index < -0.39 is 0 Å². The molecule has 1 aliphatic rings. The number of rotatable bonds is 3. The zero-order valence-electron chi connectivity index (χ0n) is 13.7. The van der Waals surface area contributed by atoms with Crippen molar-refractivity contribution in [1.29, 1.82) is 0 Å². The van der Waals surface area contributed by atoms with Crippen molar-refractivity contribution in [1.82, 2.24) is 19.6 Å². The van der Waals surface area contributed by atoms with Gasteiger partial charge in [0.05, 0.1) is 11.3 Å². The number of nitrogens with zero attached hydrogens (tertiary/aromatic N) is 4. The lowest BCUT2D eigenvalue weighted by atomic mass is 9.82. The minimum Gasteiger partial charge on any atom is -0.294 e. The minimum absolute atomic E-state index is 0.136. The summed E-state index contributed by atoms with van der Waals surface area (Å²) in [5.41, 5.74) is 3.95. The summed E-state index contributed by atoms with van der Waals surface area (Å²) in [5.74, 6) is 1.80. The van der Waals surface area contributed by atoms with Crippen molar-refractivity contribution < 1.29 is 4.79 Å². The predicted molar refractivity (Wildman–Crippen MR) is 93.8 cm³/mol. The van der Waals surface area contributed by atoms with Crippen LogP contribution in [0.25, 0.3) is 5.78 Å². The quantitative estimate of drug-likeness (QED) is 0.685. The van der Waals surface area contributed by atoms with E-state index in [2.05, 4.69) is 53.2 Å². The summed E-state index contributed by atoms with van der Waals surface area (Å²) in [4.78, 5) is 21.7. The number of benzene rings is 1. The van der Waals surface area contributed by atoms with Gasteiger partial charge in [0, 0.05) is 12.6 Å². The molecule has 3 aromatic rings. The third-order valence-corrected chi connectivity index (χ3v) is 5.11. The number of aryl methyl sites for hydroxylation is 1. The van der Waals surface area contributed by atoms with E-state index in [9.17, 15) is 4.79 Å². The van der Waals surface area contributed by atoms with Crippen molar-refractivity contribution in [3.63, 3.8) is 0 Å². The van der Waals surface area contributed by atoms with Gasteiger partial charge in [0.1, 0.15) is 0 Å². The normalized spacial score (nSPS) is 17.2. The molecule has 24 heavy (non-hydrogen) atoms. The first kappa shape index (κ1) is 15.3. The van der Waals surface area contributed by atoms with Gasteiger partial charge >= 0.3 is 0 Å². The number of ketones is 1. The van der Waals surface area contributed by atoms with Crippen LogP contribution in [0.1, 0.15) is 46.4 Å². The number of thioether (sulfide) groups is 1. The molecule has 1 unspecified atom stereocenters. The molecule has 0 bridgehead atoms. The summed E-state index contributed by atoms with van der Waals surface area (Å²) in [7, 11) is 0. The molecule has 6 heteroatoms. The molecule has 0 radical (unpaired) electrons. The highest BCUT2D eigenvalue weighted by Gasteiger charge is 2.28. The molecule has 4 rings (SSSR count). The first-order valence-corrected chi connectivity index (χ1v) is 9.11. The van der Waals surface area contributed by atoms with Crippen LogP contribution in [0.5, 0.6) is 0 Å². The summed E-state index contributed by atoms with van der Waals surface area (Å²) in [6.45, 7) is 4.13. The molecule has 0 amide bonds. The Kier molecular flexibility index (Phi) is 3.84. The highest BCUT2D eigenvalue weighted by atomic mass is 32.2. The van der Waals surface area contributed by atoms with Crippen molar-refractivity contribution in [2.45, 2.75) is 37.8 Å². The van der Waals surface area contributed by atoms with E-state index in [1.165, 1.54) is 11.1 Å². The number of Topliss-reactive ketones (excluding diaryl/α,β-unsaturated/α-hetero) is 1. The topological polar surface area (TPSA) is 60.1 Å². The minimum atomic E-state index is 0.136. The molecule has 2 aromatic heterocycles. The molecular formula is C18H18N4OS. The van der Waals surface area contributed by atoms with Crippen LogP contribution < -0.4 is 0 Å². The Balaban J connectivity index is 1.72. The monoisotopic (exact) mass is 338 g/mol. The largest absolute Gasteiger partial charge is 0.294 e. The average molecular weight is 338 g/mol. The fraction of sp³-hybridized carbons (Fsp3) is 0.333. The number of carbonyl (C=O) groups excluding carboxylic acids is 1. The van der Waals surface area contributed by atoms with Crippen LogP contribution in [0, 0.1) is 6.92 Å². The first-order valence-electron chi connectivity index (χ1n) is 8.13. The predicted octanol–water partition coefficient (Wildman–Crippen LogP) is 3.46. The van der Waals surface area contributed by atoms with Crippen molar-refractivity contribution >= 4 is 23.3 Å². The molecule has 5 nitrogen and oxygen atoms in total. The number of aromatic nitrogens is 4. The Morgan fingerprint density at radius 2 is 2.00 bits per heavy atom. The molecule has 0 fully saturated rings. The molecule has 1 aromatic carbocycles. The zero-order chi connectivity index (χ0) is 16.7. The Labute approximate surface area is 144 Å². The van der Waals surface area contributed by atoms with E-state index in [0.717, 1.165) is 17.9 Å². The van der Waals surface area contributed by atoms with Gasteiger partial charge in [-0.3, -0.25) is 4.79 Å². The second kappa shape index (κ2) is 6.02. The third-order valence-electron chi connectivity index (χ3n) is 4.39. The number of hydrogen-bond donors (Lipinski definition) is 0. The van der Waals surface area contributed by atoms with Crippen molar-refractivity contribution in [2.75, 3.05) is 5.75 Å². The lowest BCUT2D eigenvalue weighted by Gasteiger charge is -2.23.